The minimum atomic E-state index is 0.261. The highest BCUT2D eigenvalue weighted by Crippen LogP contribution is 2.32. The summed E-state index contributed by atoms with van der Waals surface area (Å²) in [5, 5.41) is 0. The Kier molecular flexibility index (Phi) is 8.58. The summed E-state index contributed by atoms with van der Waals surface area (Å²) in [5.74, 6) is 2.39. The van der Waals surface area contributed by atoms with Gasteiger partial charge in [-0.1, -0.05) is 61.5 Å². The van der Waals surface area contributed by atoms with Crippen LogP contribution >= 0.6 is 0 Å². The Labute approximate surface area is 214 Å². The third-order valence-electron chi connectivity index (χ3n) is 6.40. The Morgan fingerprint density at radius 1 is 0.806 bits per heavy atom. The first kappa shape index (κ1) is 25.3. The van der Waals surface area contributed by atoms with Crippen LogP contribution in [0.3, 0.4) is 0 Å². The van der Waals surface area contributed by atoms with Crippen molar-refractivity contribution < 1.29 is 14.2 Å². The molecule has 0 bridgehead atoms. The maximum Gasteiger partial charge on any atom is 0.128 e. The van der Waals surface area contributed by atoms with Crippen molar-refractivity contribution in [3.05, 3.63) is 108 Å². The maximum absolute atomic E-state index is 6.26. The van der Waals surface area contributed by atoms with Crippen molar-refractivity contribution >= 4 is 0 Å². The van der Waals surface area contributed by atoms with Gasteiger partial charge in [0.25, 0.3) is 0 Å². The predicted octanol–water partition coefficient (Wildman–Crippen LogP) is 6.93. The molecule has 0 aliphatic rings. The van der Waals surface area contributed by atoms with Crippen molar-refractivity contribution in [1.82, 2.24) is 9.88 Å². The second-order valence-electron chi connectivity index (χ2n) is 8.67. The predicted molar refractivity (Wildman–Crippen MR) is 144 cm³/mol. The van der Waals surface area contributed by atoms with Crippen LogP contribution in [0.2, 0.25) is 0 Å². The Bertz CT molecular complexity index is 1240. The summed E-state index contributed by atoms with van der Waals surface area (Å²) in [4.78, 5) is 7.45. The van der Waals surface area contributed by atoms with Gasteiger partial charge in [-0.15, -0.1) is 0 Å². The molecule has 1 aromatic heterocycles. The second-order valence-corrected chi connectivity index (χ2v) is 8.67. The molecule has 0 N–H and O–H groups in total. The molecule has 0 spiro atoms. The molecular weight excluding hydrogens is 448 g/mol. The lowest BCUT2D eigenvalue weighted by atomic mass is 10.1. The van der Waals surface area contributed by atoms with Gasteiger partial charge < -0.3 is 14.2 Å². The van der Waals surface area contributed by atoms with Crippen LogP contribution in [-0.4, -0.2) is 30.6 Å². The molecular formula is C31H34N2O3. The van der Waals surface area contributed by atoms with Crippen LogP contribution in [0.1, 0.15) is 36.7 Å². The fraction of sp³-hybridized carbons (Fsp3) is 0.258. The minimum Gasteiger partial charge on any atom is -0.497 e. The fourth-order valence-corrected chi connectivity index (χ4v) is 4.28. The SMILES string of the molecule is CCN(Cc1cc(OCc2ccc(OC)cc2)cc(-c2ccccc2OC)n1)C(C)c1ccccc1. The highest BCUT2D eigenvalue weighted by Gasteiger charge is 2.17. The van der Waals surface area contributed by atoms with Crippen LogP contribution in [0.4, 0.5) is 0 Å². The smallest absolute Gasteiger partial charge is 0.128 e. The first-order valence-corrected chi connectivity index (χ1v) is 12.3. The largest absolute Gasteiger partial charge is 0.497 e. The van der Waals surface area contributed by atoms with Gasteiger partial charge in [0, 0.05) is 30.3 Å². The molecule has 5 nitrogen and oxygen atoms in total. The molecule has 0 fully saturated rings. The lowest BCUT2D eigenvalue weighted by Gasteiger charge is -2.28. The molecule has 1 unspecified atom stereocenters. The molecule has 0 saturated heterocycles. The van der Waals surface area contributed by atoms with E-state index in [1.807, 2.05) is 60.7 Å². The molecule has 0 aliphatic carbocycles. The van der Waals surface area contributed by atoms with E-state index in [0.717, 1.165) is 46.3 Å². The number of pyridine rings is 1. The molecule has 0 saturated carbocycles. The van der Waals surface area contributed by atoms with Crippen molar-refractivity contribution in [2.24, 2.45) is 0 Å². The monoisotopic (exact) mass is 482 g/mol. The summed E-state index contributed by atoms with van der Waals surface area (Å²) in [5.41, 5.74) is 5.08. The molecule has 4 aromatic rings. The van der Waals surface area contributed by atoms with E-state index in [0.29, 0.717) is 13.2 Å². The van der Waals surface area contributed by atoms with Gasteiger partial charge in [-0.25, -0.2) is 0 Å². The van der Waals surface area contributed by atoms with Crippen LogP contribution in [-0.2, 0) is 13.2 Å². The van der Waals surface area contributed by atoms with Crippen LogP contribution < -0.4 is 14.2 Å². The van der Waals surface area contributed by atoms with Gasteiger partial charge >= 0.3 is 0 Å². The lowest BCUT2D eigenvalue weighted by molar-refractivity contribution is 0.210. The molecule has 0 amide bonds. The summed E-state index contributed by atoms with van der Waals surface area (Å²) in [7, 11) is 3.35. The molecule has 0 radical (unpaired) electrons. The standard InChI is InChI=1S/C31H34N2O3/c1-5-33(23(2)25-11-7-6-8-12-25)21-26-19-28(36-22-24-15-17-27(34-3)18-16-24)20-30(32-26)29-13-9-10-14-31(29)35-4/h6-20,23H,5,21-22H2,1-4H3. The van der Waals surface area contributed by atoms with Crippen LogP contribution in [0, 0.1) is 0 Å². The number of rotatable bonds is 11. The summed E-state index contributed by atoms with van der Waals surface area (Å²) < 4.78 is 17.2. The van der Waals surface area contributed by atoms with Crippen LogP contribution in [0.5, 0.6) is 17.2 Å². The van der Waals surface area contributed by atoms with E-state index in [1.54, 1.807) is 14.2 Å². The number of hydrogen-bond donors (Lipinski definition) is 0. The minimum absolute atomic E-state index is 0.261. The van der Waals surface area contributed by atoms with Crippen molar-refractivity contribution in [1.29, 1.82) is 0 Å². The lowest BCUT2D eigenvalue weighted by Crippen LogP contribution is -2.26. The molecule has 1 atom stereocenters. The van der Waals surface area contributed by atoms with Crippen LogP contribution in [0.25, 0.3) is 11.3 Å². The fourth-order valence-electron chi connectivity index (χ4n) is 4.28. The number of methoxy groups -OCH3 is 2. The Balaban J connectivity index is 1.64. The zero-order valence-corrected chi connectivity index (χ0v) is 21.5. The zero-order valence-electron chi connectivity index (χ0n) is 21.5. The van der Waals surface area contributed by atoms with Gasteiger partial charge in [-0.05, 0) is 48.9 Å². The van der Waals surface area contributed by atoms with E-state index in [2.05, 4.69) is 49.1 Å². The van der Waals surface area contributed by atoms with E-state index in [9.17, 15) is 0 Å². The first-order valence-electron chi connectivity index (χ1n) is 12.3. The zero-order chi connectivity index (χ0) is 25.3. The van der Waals surface area contributed by atoms with Crippen LogP contribution in [0.15, 0.2) is 91.0 Å². The van der Waals surface area contributed by atoms with Gasteiger partial charge in [0.05, 0.1) is 25.6 Å². The van der Waals surface area contributed by atoms with E-state index < -0.39 is 0 Å². The van der Waals surface area contributed by atoms with Crippen molar-refractivity contribution in [3.63, 3.8) is 0 Å². The van der Waals surface area contributed by atoms with Gasteiger partial charge in [0.2, 0.25) is 0 Å². The van der Waals surface area contributed by atoms with Gasteiger partial charge in [-0.2, -0.15) is 0 Å². The summed E-state index contributed by atoms with van der Waals surface area (Å²) in [6.07, 6.45) is 0. The summed E-state index contributed by atoms with van der Waals surface area (Å²) in [6, 6.07) is 30.8. The second kappa shape index (κ2) is 12.2. The number of hydrogen-bond acceptors (Lipinski definition) is 5. The number of aromatic nitrogens is 1. The number of benzene rings is 3. The van der Waals surface area contributed by atoms with Crippen molar-refractivity contribution in [2.45, 2.75) is 33.0 Å². The quantitative estimate of drug-likeness (QED) is 0.232. The molecule has 3 aromatic carbocycles. The topological polar surface area (TPSA) is 43.8 Å². The molecule has 1 heterocycles. The van der Waals surface area contributed by atoms with E-state index in [-0.39, 0.29) is 6.04 Å². The summed E-state index contributed by atoms with van der Waals surface area (Å²) >= 11 is 0. The number of ether oxygens (including phenoxy) is 3. The third kappa shape index (κ3) is 6.23. The molecule has 4 rings (SSSR count). The van der Waals surface area contributed by atoms with Crippen molar-refractivity contribution in [3.8, 4) is 28.5 Å². The normalized spacial score (nSPS) is 11.8. The molecule has 186 valence electrons. The van der Waals surface area contributed by atoms with Gasteiger partial charge in [0.15, 0.2) is 0 Å². The average Bonchev–Trinajstić information content (AvgIpc) is 2.95. The highest BCUT2D eigenvalue weighted by molar-refractivity contribution is 5.68. The maximum atomic E-state index is 6.26. The number of nitrogens with zero attached hydrogens (tertiary/aromatic N) is 2. The van der Waals surface area contributed by atoms with E-state index >= 15 is 0 Å². The van der Waals surface area contributed by atoms with Gasteiger partial charge in [-0.3, -0.25) is 9.88 Å². The van der Waals surface area contributed by atoms with Gasteiger partial charge in [0.1, 0.15) is 23.9 Å². The van der Waals surface area contributed by atoms with Crippen molar-refractivity contribution in [2.75, 3.05) is 20.8 Å². The van der Waals surface area contributed by atoms with E-state index in [4.69, 9.17) is 19.2 Å². The Morgan fingerprint density at radius 2 is 1.53 bits per heavy atom. The molecule has 36 heavy (non-hydrogen) atoms. The third-order valence-corrected chi connectivity index (χ3v) is 6.40. The summed E-state index contributed by atoms with van der Waals surface area (Å²) in [6.45, 7) is 6.48. The first-order chi connectivity index (χ1) is 17.6. The highest BCUT2D eigenvalue weighted by atomic mass is 16.5. The van der Waals surface area contributed by atoms with E-state index in [1.165, 1.54) is 5.56 Å². The average molecular weight is 483 g/mol. The number of para-hydroxylation sites is 1. The Morgan fingerprint density at radius 3 is 2.22 bits per heavy atom. The molecule has 0 aliphatic heterocycles. The Hall–Kier alpha value is -3.83. The molecule has 5 heteroatoms.